The molecule has 3 aromatic rings. The van der Waals surface area contributed by atoms with Crippen LogP contribution < -0.4 is 4.74 Å². The molecular weight excluding hydrogens is 320 g/mol. The molecule has 0 aliphatic carbocycles. The number of pyridine rings is 1. The fourth-order valence-electron chi connectivity index (χ4n) is 3.81. The number of likely N-dealkylation sites (tertiary alicyclic amines) is 1. The van der Waals surface area contributed by atoms with E-state index in [0.717, 1.165) is 43.6 Å². The largest absolute Gasteiger partial charge is 0.490 e. The van der Waals surface area contributed by atoms with Crippen molar-refractivity contribution in [3.8, 4) is 5.75 Å². The maximum Gasteiger partial charge on any atom is 0.120 e. The van der Waals surface area contributed by atoms with Crippen LogP contribution in [-0.4, -0.2) is 35.6 Å². The summed E-state index contributed by atoms with van der Waals surface area (Å²) in [6, 6.07) is 19.1. The van der Waals surface area contributed by atoms with E-state index in [1.54, 1.807) is 0 Å². The lowest BCUT2D eigenvalue weighted by Crippen LogP contribution is -2.39. The molecular formula is C23H26N2O. The molecule has 4 rings (SSSR count). The molecule has 2 heterocycles. The Morgan fingerprint density at radius 1 is 1.04 bits per heavy atom. The average Bonchev–Trinajstić information content (AvgIpc) is 2.70. The highest BCUT2D eigenvalue weighted by Crippen LogP contribution is 2.24. The number of rotatable bonds is 5. The highest BCUT2D eigenvalue weighted by atomic mass is 16.5. The van der Waals surface area contributed by atoms with Gasteiger partial charge in [0, 0.05) is 37.4 Å². The van der Waals surface area contributed by atoms with Gasteiger partial charge in [0.15, 0.2) is 0 Å². The molecule has 2 aromatic carbocycles. The molecule has 0 spiro atoms. The molecule has 3 heteroatoms. The van der Waals surface area contributed by atoms with E-state index in [0.29, 0.717) is 12.0 Å². The molecule has 1 unspecified atom stereocenters. The summed E-state index contributed by atoms with van der Waals surface area (Å²) in [5.74, 6) is 1.54. The van der Waals surface area contributed by atoms with Gasteiger partial charge in [0.2, 0.25) is 0 Å². The van der Waals surface area contributed by atoms with Crippen molar-refractivity contribution >= 4 is 10.8 Å². The number of hydrogen-bond donors (Lipinski definition) is 0. The maximum atomic E-state index is 6.25. The lowest BCUT2D eigenvalue weighted by Gasteiger charge is -2.33. The zero-order valence-corrected chi connectivity index (χ0v) is 15.3. The van der Waals surface area contributed by atoms with Gasteiger partial charge in [-0.05, 0) is 54.0 Å². The quantitative estimate of drug-likeness (QED) is 0.658. The third-order valence-electron chi connectivity index (χ3n) is 5.35. The third kappa shape index (κ3) is 4.05. The van der Waals surface area contributed by atoms with Gasteiger partial charge < -0.3 is 9.64 Å². The van der Waals surface area contributed by atoms with Crippen LogP contribution in [0.1, 0.15) is 31.2 Å². The number of fused-ring (bicyclic) bond motifs is 1. The van der Waals surface area contributed by atoms with E-state index < -0.39 is 0 Å². The number of hydrogen-bond acceptors (Lipinski definition) is 3. The molecule has 0 N–H and O–H groups in total. The summed E-state index contributed by atoms with van der Waals surface area (Å²) in [5.41, 5.74) is 1.43. The van der Waals surface area contributed by atoms with Crippen molar-refractivity contribution < 1.29 is 4.74 Å². The highest BCUT2D eigenvalue weighted by molar-refractivity contribution is 5.82. The zero-order chi connectivity index (χ0) is 17.8. The number of nitrogens with zero attached hydrogens (tertiary/aromatic N) is 2. The smallest absolute Gasteiger partial charge is 0.120 e. The van der Waals surface area contributed by atoms with Crippen LogP contribution in [0.2, 0.25) is 0 Å². The van der Waals surface area contributed by atoms with E-state index in [-0.39, 0.29) is 0 Å². The molecule has 1 atom stereocenters. The minimum absolute atomic E-state index is 0.317. The Hall–Kier alpha value is -2.39. The van der Waals surface area contributed by atoms with Crippen LogP contribution in [0.5, 0.6) is 5.75 Å². The molecule has 1 aliphatic heterocycles. The second-order valence-corrected chi connectivity index (χ2v) is 7.31. The Labute approximate surface area is 155 Å². The van der Waals surface area contributed by atoms with E-state index in [1.807, 2.05) is 18.5 Å². The summed E-state index contributed by atoms with van der Waals surface area (Å²) in [5, 5.41) is 2.34. The van der Waals surface area contributed by atoms with Crippen LogP contribution in [0, 0.1) is 0 Å². The standard InChI is InChI=1S/C23H26N2O/c1-18(19-5-3-2-4-6-19)17-25-13-10-22(11-14-25)26-23-8-7-21-16-24-12-9-20(21)15-23/h2-9,12,15-16,18,22H,10-11,13-14,17H2,1H3. The lowest BCUT2D eigenvalue weighted by atomic mass is 9.99. The summed E-state index contributed by atoms with van der Waals surface area (Å²) >= 11 is 0. The molecule has 3 nitrogen and oxygen atoms in total. The van der Waals surface area contributed by atoms with Gasteiger partial charge in [-0.25, -0.2) is 0 Å². The Bertz CT molecular complexity index is 841. The number of ether oxygens (including phenoxy) is 1. The third-order valence-corrected chi connectivity index (χ3v) is 5.35. The van der Waals surface area contributed by atoms with Crippen LogP contribution >= 0.6 is 0 Å². The first kappa shape index (κ1) is 17.0. The van der Waals surface area contributed by atoms with E-state index in [2.05, 4.69) is 65.3 Å². The summed E-state index contributed by atoms with van der Waals surface area (Å²) in [4.78, 5) is 6.74. The zero-order valence-electron chi connectivity index (χ0n) is 15.3. The Morgan fingerprint density at radius 3 is 2.65 bits per heavy atom. The maximum absolute atomic E-state index is 6.25. The monoisotopic (exact) mass is 346 g/mol. The minimum atomic E-state index is 0.317. The molecule has 1 fully saturated rings. The fraction of sp³-hybridized carbons (Fsp3) is 0.348. The topological polar surface area (TPSA) is 25.4 Å². The van der Waals surface area contributed by atoms with E-state index in [1.165, 1.54) is 10.9 Å². The highest BCUT2D eigenvalue weighted by Gasteiger charge is 2.22. The summed E-state index contributed by atoms with van der Waals surface area (Å²) in [7, 11) is 0. The van der Waals surface area contributed by atoms with Gasteiger partial charge in [-0.3, -0.25) is 4.98 Å². The van der Waals surface area contributed by atoms with Crippen molar-refractivity contribution in [3.05, 3.63) is 72.6 Å². The molecule has 0 amide bonds. The predicted molar refractivity (Wildman–Crippen MR) is 107 cm³/mol. The molecule has 134 valence electrons. The van der Waals surface area contributed by atoms with Crippen molar-refractivity contribution in [1.82, 2.24) is 9.88 Å². The molecule has 1 aliphatic rings. The summed E-state index contributed by atoms with van der Waals surface area (Å²) in [6.07, 6.45) is 6.23. The van der Waals surface area contributed by atoms with Crippen LogP contribution in [0.25, 0.3) is 10.8 Å². The van der Waals surface area contributed by atoms with Gasteiger partial charge in [-0.15, -0.1) is 0 Å². The molecule has 26 heavy (non-hydrogen) atoms. The van der Waals surface area contributed by atoms with Gasteiger partial charge in [-0.2, -0.15) is 0 Å². The Kier molecular flexibility index (Phi) is 5.16. The van der Waals surface area contributed by atoms with Gasteiger partial charge in [0.25, 0.3) is 0 Å². The van der Waals surface area contributed by atoms with Crippen LogP contribution in [0.4, 0.5) is 0 Å². The van der Waals surface area contributed by atoms with Gasteiger partial charge in [-0.1, -0.05) is 37.3 Å². The Balaban J connectivity index is 1.30. The van der Waals surface area contributed by atoms with E-state index in [4.69, 9.17) is 4.74 Å². The van der Waals surface area contributed by atoms with Crippen LogP contribution in [0.3, 0.4) is 0 Å². The summed E-state index contributed by atoms with van der Waals surface area (Å²) < 4.78 is 6.25. The molecule has 1 saturated heterocycles. The fourth-order valence-corrected chi connectivity index (χ4v) is 3.81. The first-order valence-electron chi connectivity index (χ1n) is 9.56. The van der Waals surface area contributed by atoms with Crippen molar-refractivity contribution in [2.24, 2.45) is 0 Å². The number of piperidine rings is 1. The van der Waals surface area contributed by atoms with Gasteiger partial charge in [0.1, 0.15) is 11.9 Å². The predicted octanol–water partition coefficient (Wildman–Crippen LogP) is 4.88. The lowest BCUT2D eigenvalue weighted by molar-refractivity contribution is 0.0979. The average molecular weight is 346 g/mol. The minimum Gasteiger partial charge on any atom is -0.490 e. The second kappa shape index (κ2) is 7.88. The SMILES string of the molecule is CC(CN1CCC(Oc2ccc3cnccc3c2)CC1)c1ccccc1. The van der Waals surface area contributed by atoms with Gasteiger partial charge in [0.05, 0.1) is 0 Å². The van der Waals surface area contributed by atoms with Crippen molar-refractivity contribution in [3.63, 3.8) is 0 Å². The number of benzene rings is 2. The Morgan fingerprint density at radius 2 is 1.85 bits per heavy atom. The molecule has 0 radical (unpaired) electrons. The van der Waals surface area contributed by atoms with Crippen molar-refractivity contribution in [1.29, 1.82) is 0 Å². The molecule has 1 aromatic heterocycles. The van der Waals surface area contributed by atoms with Crippen molar-refractivity contribution in [2.75, 3.05) is 19.6 Å². The summed E-state index contributed by atoms with van der Waals surface area (Å²) in [6.45, 7) is 5.67. The number of aromatic nitrogens is 1. The molecule has 0 saturated carbocycles. The molecule has 0 bridgehead atoms. The van der Waals surface area contributed by atoms with Crippen molar-refractivity contribution in [2.45, 2.75) is 31.8 Å². The second-order valence-electron chi connectivity index (χ2n) is 7.31. The van der Waals surface area contributed by atoms with Crippen LogP contribution in [0.15, 0.2) is 67.0 Å². The van der Waals surface area contributed by atoms with Gasteiger partial charge >= 0.3 is 0 Å². The van der Waals surface area contributed by atoms with E-state index >= 15 is 0 Å². The van der Waals surface area contributed by atoms with E-state index in [9.17, 15) is 0 Å². The first-order valence-corrected chi connectivity index (χ1v) is 9.56. The first-order chi connectivity index (χ1) is 12.8. The van der Waals surface area contributed by atoms with Crippen LogP contribution in [-0.2, 0) is 0 Å². The normalized spacial score (nSPS) is 17.3.